The highest BCUT2D eigenvalue weighted by molar-refractivity contribution is 5.76. The Morgan fingerprint density at radius 1 is 1.47 bits per heavy atom. The largest absolute Gasteiger partial charge is 0.481 e. The van der Waals surface area contributed by atoms with Crippen LogP contribution in [0.5, 0.6) is 0 Å². The first-order chi connectivity index (χ1) is 9.06. The van der Waals surface area contributed by atoms with E-state index in [1.54, 1.807) is 30.5 Å². The van der Waals surface area contributed by atoms with Crippen LogP contribution in [0.3, 0.4) is 0 Å². The van der Waals surface area contributed by atoms with Gasteiger partial charge in [-0.1, -0.05) is 12.2 Å². The van der Waals surface area contributed by atoms with Crippen LogP contribution in [0.2, 0.25) is 0 Å². The molecule has 0 saturated heterocycles. The van der Waals surface area contributed by atoms with E-state index in [-0.39, 0.29) is 18.1 Å². The number of hydrogen-bond acceptors (Lipinski definition) is 3. The molecular weight excluding hydrogens is 248 g/mol. The molecular formula is C13H16N2O4. The summed E-state index contributed by atoms with van der Waals surface area (Å²) in [6.45, 7) is 1.81. The van der Waals surface area contributed by atoms with Crippen molar-refractivity contribution in [3.05, 3.63) is 36.3 Å². The third kappa shape index (κ3) is 3.37. The summed E-state index contributed by atoms with van der Waals surface area (Å²) in [5.74, 6) is -0.724. The van der Waals surface area contributed by atoms with Gasteiger partial charge in [-0.05, 0) is 25.5 Å². The molecule has 19 heavy (non-hydrogen) atoms. The summed E-state index contributed by atoms with van der Waals surface area (Å²) >= 11 is 0. The Labute approximate surface area is 110 Å². The molecule has 1 aromatic rings. The minimum Gasteiger partial charge on any atom is -0.481 e. The van der Waals surface area contributed by atoms with Crippen LogP contribution in [0.1, 0.15) is 25.1 Å². The summed E-state index contributed by atoms with van der Waals surface area (Å²) in [5.41, 5.74) is 0. The molecule has 1 aromatic heterocycles. The van der Waals surface area contributed by atoms with Crippen molar-refractivity contribution in [3.63, 3.8) is 0 Å². The molecule has 3 atom stereocenters. The minimum absolute atomic E-state index is 0.240. The van der Waals surface area contributed by atoms with E-state index in [0.717, 1.165) is 0 Å². The number of carbonyl (C=O) groups excluding carboxylic acids is 1. The number of aliphatic carboxylic acids is 1. The Morgan fingerprint density at radius 2 is 2.26 bits per heavy atom. The first kappa shape index (κ1) is 13.2. The van der Waals surface area contributed by atoms with Crippen LogP contribution in [0.25, 0.3) is 0 Å². The van der Waals surface area contributed by atoms with E-state index < -0.39 is 11.9 Å². The van der Waals surface area contributed by atoms with Crippen LogP contribution in [-0.2, 0) is 4.79 Å². The molecule has 1 aliphatic carbocycles. The molecule has 2 amide bonds. The van der Waals surface area contributed by atoms with E-state index >= 15 is 0 Å². The SMILES string of the molecule is CC(NC(=O)NC1C=CC(C(=O)O)C1)c1ccco1. The van der Waals surface area contributed by atoms with E-state index in [1.165, 1.54) is 0 Å². The number of carbonyl (C=O) groups is 2. The van der Waals surface area contributed by atoms with Crippen LogP contribution >= 0.6 is 0 Å². The quantitative estimate of drug-likeness (QED) is 0.721. The van der Waals surface area contributed by atoms with Gasteiger partial charge in [-0.2, -0.15) is 0 Å². The Hall–Kier alpha value is -2.24. The molecule has 1 heterocycles. The zero-order valence-electron chi connectivity index (χ0n) is 10.5. The van der Waals surface area contributed by atoms with E-state index in [2.05, 4.69) is 10.6 Å². The number of amides is 2. The molecule has 6 heteroatoms. The van der Waals surface area contributed by atoms with E-state index in [4.69, 9.17) is 9.52 Å². The molecule has 0 saturated carbocycles. The number of nitrogens with one attached hydrogen (secondary N) is 2. The van der Waals surface area contributed by atoms with Gasteiger partial charge >= 0.3 is 12.0 Å². The molecule has 0 fully saturated rings. The molecule has 2 rings (SSSR count). The average Bonchev–Trinajstić information content (AvgIpc) is 2.98. The number of carboxylic acids is 1. The lowest BCUT2D eigenvalue weighted by Gasteiger charge is -2.16. The standard InChI is InChI=1S/C13H16N2O4/c1-8(11-3-2-6-19-11)14-13(18)15-10-5-4-9(7-10)12(16)17/h2-6,8-10H,7H2,1H3,(H,16,17)(H2,14,15,18). The highest BCUT2D eigenvalue weighted by Gasteiger charge is 2.25. The molecule has 0 aliphatic heterocycles. The van der Waals surface area contributed by atoms with Gasteiger partial charge in [-0.15, -0.1) is 0 Å². The second-order valence-corrected chi connectivity index (χ2v) is 4.53. The Kier molecular flexibility index (Phi) is 3.89. The van der Waals surface area contributed by atoms with Crippen molar-refractivity contribution in [1.82, 2.24) is 10.6 Å². The topological polar surface area (TPSA) is 91.6 Å². The normalized spacial score (nSPS) is 23.0. The number of rotatable bonds is 4. The van der Waals surface area contributed by atoms with Crippen molar-refractivity contribution >= 4 is 12.0 Å². The summed E-state index contributed by atoms with van der Waals surface area (Å²) in [4.78, 5) is 22.5. The van der Waals surface area contributed by atoms with Crippen LogP contribution < -0.4 is 10.6 Å². The summed E-state index contributed by atoms with van der Waals surface area (Å²) in [7, 11) is 0. The van der Waals surface area contributed by atoms with Crippen molar-refractivity contribution in [3.8, 4) is 0 Å². The van der Waals surface area contributed by atoms with Gasteiger partial charge in [-0.3, -0.25) is 4.79 Å². The molecule has 6 nitrogen and oxygen atoms in total. The summed E-state index contributed by atoms with van der Waals surface area (Å²) in [6.07, 6.45) is 5.24. The van der Waals surface area contributed by atoms with Gasteiger partial charge in [-0.25, -0.2) is 4.79 Å². The first-order valence-electron chi connectivity index (χ1n) is 6.08. The monoisotopic (exact) mass is 264 g/mol. The molecule has 0 bridgehead atoms. The molecule has 3 N–H and O–H groups in total. The van der Waals surface area contributed by atoms with Crippen molar-refractivity contribution in [2.45, 2.75) is 25.4 Å². The zero-order chi connectivity index (χ0) is 13.8. The smallest absolute Gasteiger partial charge is 0.315 e. The number of furan rings is 1. The molecule has 0 aromatic carbocycles. The van der Waals surface area contributed by atoms with Gasteiger partial charge in [0.2, 0.25) is 0 Å². The third-order valence-electron chi connectivity index (χ3n) is 3.03. The highest BCUT2D eigenvalue weighted by atomic mass is 16.4. The van der Waals surface area contributed by atoms with Gasteiger partial charge in [0.05, 0.1) is 24.3 Å². The fraction of sp³-hybridized carbons (Fsp3) is 0.385. The molecule has 1 aliphatic rings. The second-order valence-electron chi connectivity index (χ2n) is 4.53. The van der Waals surface area contributed by atoms with E-state index in [0.29, 0.717) is 12.2 Å². The minimum atomic E-state index is -0.870. The fourth-order valence-corrected chi connectivity index (χ4v) is 2.00. The van der Waals surface area contributed by atoms with Crippen LogP contribution in [0.15, 0.2) is 35.0 Å². The van der Waals surface area contributed by atoms with Gasteiger partial charge in [0.15, 0.2) is 0 Å². The Bertz CT molecular complexity index is 481. The van der Waals surface area contributed by atoms with Crippen LogP contribution in [-0.4, -0.2) is 23.1 Å². The zero-order valence-corrected chi connectivity index (χ0v) is 10.5. The van der Waals surface area contributed by atoms with Gasteiger partial charge in [0.1, 0.15) is 5.76 Å². The molecule has 3 unspecified atom stereocenters. The number of hydrogen-bond donors (Lipinski definition) is 3. The summed E-state index contributed by atoms with van der Waals surface area (Å²) in [5, 5.41) is 14.3. The van der Waals surface area contributed by atoms with Gasteiger partial charge in [0, 0.05) is 0 Å². The maximum atomic E-state index is 11.7. The van der Waals surface area contributed by atoms with E-state index in [1.807, 2.05) is 6.92 Å². The summed E-state index contributed by atoms with van der Waals surface area (Å²) in [6, 6.07) is 2.70. The summed E-state index contributed by atoms with van der Waals surface area (Å²) < 4.78 is 5.18. The Balaban J connectivity index is 1.80. The molecule has 0 radical (unpaired) electrons. The Morgan fingerprint density at radius 3 is 2.84 bits per heavy atom. The van der Waals surface area contributed by atoms with E-state index in [9.17, 15) is 9.59 Å². The maximum Gasteiger partial charge on any atom is 0.315 e. The lowest BCUT2D eigenvalue weighted by Crippen LogP contribution is -2.42. The van der Waals surface area contributed by atoms with Crippen molar-refractivity contribution in [2.24, 2.45) is 5.92 Å². The van der Waals surface area contributed by atoms with Gasteiger partial charge < -0.3 is 20.2 Å². The van der Waals surface area contributed by atoms with Crippen molar-refractivity contribution < 1.29 is 19.1 Å². The molecule has 0 spiro atoms. The highest BCUT2D eigenvalue weighted by Crippen LogP contribution is 2.18. The lowest BCUT2D eigenvalue weighted by molar-refractivity contribution is -0.140. The predicted molar refractivity (Wildman–Crippen MR) is 67.5 cm³/mol. The van der Waals surface area contributed by atoms with Crippen LogP contribution in [0.4, 0.5) is 4.79 Å². The third-order valence-corrected chi connectivity index (χ3v) is 3.03. The molecule has 102 valence electrons. The lowest BCUT2D eigenvalue weighted by atomic mass is 10.1. The van der Waals surface area contributed by atoms with Gasteiger partial charge in [0.25, 0.3) is 0 Å². The second kappa shape index (κ2) is 5.60. The van der Waals surface area contributed by atoms with Crippen molar-refractivity contribution in [1.29, 1.82) is 0 Å². The van der Waals surface area contributed by atoms with Crippen LogP contribution in [0, 0.1) is 5.92 Å². The number of carboxylic acid groups (broad SMARTS) is 1. The fourth-order valence-electron chi connectivity index (χ4n) is 2.00. The maximum absolute atomic E-state index is 11.7. The van der Waals surface area contributed by atoms with Crippen molar-refractivity contribution in [2.75, 3.05) is 0 Å². The first-order valence-corrected chi connectivity index (χ1v) is 6.08. The number of urea groups is 1. The average molecular weight is 264 g/mol. The predicted octanol–water partition coefficient (Wildman–Crippen LogP) is 1.67.